The van der Waals surface area contributed by atoms with Crippen LogP contribution < -0.4 is 4.90 Å². The lowest BCUT2D eigenvalue weighted by Gasteiger charge is -2.37. The van der Waals surface area contributed by atoms with E-state index < -0.39 is 0 Å². The van der Waals surface area contributed by atoms with Crippen molar-refractivity contribution in [1.29, 1.82) is 0 Å². The van der Waals surface area contributed by atoms with Crippen molar-refractivity contribution in [3.8, 4) is 0 Å². The molecule has 5 rings (SSSR count). The number of anilines is 1. The van der Waals surface area contributed by atoms with Gasteiger partial charge in [-0.3, -0.25) is 0 Å². The van der Waals surface area contributed by atoms with Crippen LogP contribution in [0.15, 0.2) is 54.9 Å². The topological polar surface area (TPSA) is 50.1 Å². The SMILES string of the molecule is C[C@H]1CCC(c2ccccc2)SN1Cc1ccc(N2CCC(n3cnnn3)CC2)cc1F. The van der Waals surface area contributed by atoms with E-state index in [-0.39, 0.29) is 5.82 Å². The van der Waals surface area contributed by atoms with Crippen molar-refractivity contribution in [2.24, 2.45) is 0 Å². The third-order valence-electron chi connectivity index (χ3n) is 6.70. The normalized spacial score (nSPS) is 22.9. The van der Waals surface area contributed by atoms with Crippen LogP contribution in [0.1, 0.15) is 55.0 Å². The van der Waals surface area contributed by atoms with Crippen LogP contribution in [0.3, 0.4) is 0 Å². The smallest absolute Gasteiger partial charge is 0.138 e. The first-order chi connectivity index (χ1) is 15.7. The molecule has 0 amide bonds. The molecule has 3 heterocycles. The summed E-state index contributed by atoms with van der Waals surface area (Å²) in [6.07, 6.45) is 5.88. The van der Waals surface area contributed by atoms with Gasteiger partial charge in [-0.15, -0.1) is 5.10 Å². The van der Waals surface area contributed by atoms with Gasteiger partial charge in [-0.25, -0.2) is 13.4 Å². The van der Waals surface area contributed by atoms with E-state index in [0.29, 0.717) is 23.9 Å². The highest BCUT2D eigenvalue weighted by Crippen LogP contribution is 2.43. The molecule has 0 radical (unpaired) electrons. The first-order valence-corrected chi connectivity index (χ1v) is 12.3. The molecule has 0 N–H and O–H groups in total. The van der Waals surface area contributed by atoms with Gasteiger partial charge in [0.15, 0.2) is 0 Å². The van der Waals surface area contributed by atoms with E-state index in [1.807, 2.05) is 22.7 Å². The molecule has 0 aliphatic carbocycles. The first kappa shape index (κ1) is 21.4. The zero-order chi connectivity index (χ0) is 21.9. The number of halogens is 1. The van der Waals surface area contributed by atoms with Gasteiger partial charge in [-0.2, -0.15) is 0 Å². The van der Waals surface area contributed by atoms with E-state index in [1.165, 1.54) is 5.56 Å². The molecular weight excluding hydrogens is 423 g/mol. The highest BCUT2D eigenvalue weighted by atomic mass is 32.2. The highest BCUT2D eigenvalue weighted by Gasteiger charge is 2.28. The maximum atomic E-state index is 15.1. The lowest BCUT2D eigenvalue weighted by molar-refractivity contribution is 0.317. The van der Waals surface area contributed by atoms with Crippen molar-refractivity contribution in [3.63, 3.8) is 0 Å². The van der Waals surface area contributed by atoms with Crippen molar-refractivity contribution in [1.82, 2.24) is 24.5 Å². The molecule has 2 saturated heterocycles. The van der Waals surface area contributed by atoms with E-state index in [0.717, 1.165) is 50.0 Å². The summed E-state index contributed by atoms with van der Waals surface area (Å²) in [7, 11) is 0. The summed E-state index contributed by atoms with van der Waals surface area (Å²) in [4.78, 5) is 2.26. The number of aromatic nitrogens is 4. The van der Waals surface area contributed by atoms with Crippen molar-refractivity contribution >= 4 is 17.6 Å². The second kappa shape index (κ2) is 9.58. The summed E-state index contributed by atoms with van der Waals surface area (Å²) >= 11 is 1.87. The van der Waals surface area contributed by atoms with Crippen LogP contribution in [-0.4, -0.2) is 43.6 Å². The summed E-state index contributed by atoms with van der Waals surface area (Å²) in [5, 5.41) is 11.9. The second-order valence-corrected chi connectivity index (χ2v) is 10.0. The Morgan fingerprint density at radius 2 is 1.84 bits per heavy atom. The number of rotatable bonds is 5. The number of hydrogen-bond acceptors (Lipinski definition) is 6. The molecule has 3 aromatic rings. The fourth-order valence-corrected chi connectivity index (χ4v) is 6.07. The number of tetrazole rings is 1. The van der Waals surface area contributed by atoms with Crippen LogP contribution in [-0.2, 0) is 6.54 Å². The zero-order valence-corrected chi connectivity index (χ0v) is 19.2. The van der Waals surface area contributed by atoms with Crippen LogP contribution in [0.5, 0.6) is 0 Å². The van der Waals surface area contributed by atoms with Crippen molar-refractivity contribution in [2.75, 3.05) is 18.0 Å². The number of piperidine rings is 1. The molecule has 2 atom stereocenters. The van der Waals surface area contributed by atoms with E-state index >= 15 is 4.39 Å². The predicted molar refractivity (Wildman–Crippen MR) is 126 cm³/mol. The minimum Gasteiger partial charge on any atom is -0.371 e. The molecule has 0 spiro atoms. The highest BCUT2D eigenvalue weighted by molar-refractivity contribution is 7.97. The van der Waals surface area contributed by atoms with Crippen LogP contribution in [0.2, 0.25) is 0 Å². The molecule has 1 unspecified atom stereocenters. The first-order valence-electron chi connectivity index (χ1n) is 11.4. The molecule has 32 heavy (non-hydrogen) atoms. The average Bonchev–Trinajstić information content (AvgIpc) is 3.37. The van der Waals surface area contributed by atoms with E-state index in [4.69, 9.17) is 0 Å². The van der Waals surface area contributed by atoms with Gasteiger partial charge in [-0.1, -0.05) is 48.3 Å². The maximum absolute atomic E-state index is 15.1. The minimum absolute atomic E-state index is 0.111. The van der Waals surface area contributed by atoms with Crippen LogP contribution in [0.25, 0.3) is 0 Å². The van der Waals surface area contributed by atoms with Gasteiger partial charge in [0.25, 0.3) is 0 Å². The fraction of sp³-hybridized carbons (Fsp3) is 0.458. The lowest BCUT2D eigenvalue weighted by Crippen LogP contribution is -2.35. The van der Waals surface area contributed by atoms with Crippen LogP contribution in [0.4, 0.5) is 10.1 Å². The van der Waals surface area contributed by atoms with E-state index in [9.17, 15) is 0 Å². The molecule has 2 aliphatic rings. The molecule has 6 nitrogen and oxygen atoms in total. The van der Waals surface area contributed by atoms with Gasteiger partial charge >= 0.3 is 0 Å². The predicted octanol–water partition coefficient (Wildman–Crippen LogP) is 5.03. The Labute approximate surface area is 192 Å². The molecule has 1 aromatic heterocycles. The number of benzene rings is 2. The third kappa shape index (κ3) is 4.66. The van der Waals surface area contributed by atoms with Gasteiger partial charge in [-0.05, 0) is 60.7 Å². The Morgan fingerprint density at radius 3 is 2.56 bits per heavy atom. The zero-order valence-electron chi connectivity index (χ0n) is 18.3. The summed E-state index contributed by atoms with van der Waals surface area (Å²) in [6, 6.07) is 17.2. The minimum atomic E-state index is -0.111. The lowest BCUT2D eigenvalue weighted by atomic mass is 10.0. The van der Waals surface area contributed by atoms with E-state index in [2.05, 4.69) is 68.1 Å². The summed E-state index contributed by atoms with van der Waals surface area (Å²) in [5.74, 6) is -0.111. The molecule has 2 aromatic carbocycles. The summed E-state index contributed by atoms with van der Waals surface area (Å²) in [5.41, 5.74) is 3.09. The fourth-order valence-electron chi connectivity index (χ4n) is 4.70. The van der Waals surface area contributed by atoms with Gasteiger partial charge in [0.1, 0.15) is 12.1 Å². The van der Waals surface area contributed by atoms with Crippen LogP contribution in [0, 0.1) is 5.82 Å². The molecule has 0 bridgehead atoms. The Bertz CT molecular complexity index is 1010. The Hall–Kier alpha value is -2.45. The quantitative estimate of drug-likeness (QED) is 0.506. The molecule has 2 fully saturated rings. The Balaban J connectivity index is 1.22. The van der Waals surface area contributed by atoms with Gasteiger partial charge in [0.2, 0.25) is 0 Å². The van der Waals surface area contributed by atoms with Crippen molar-refractivity contribution in [3.05, 3.63) is 71.8 Å². The summed E-state index contributed by atoms with van der Waals surface area (Å²) < 4.78 is 19.3. The largest absolute Gasteiger partial charge is 0.371 e. The van der Waals surface area contributed by atoms with Gasteiger partial charge in [0.05, 0.1) is 6.04 Å². The van der Waals surface area contributed by atoms with Crippen molar-refractivity contribution < 1.29 is 4.39 Å². The molecule has 8 heteroatoms. The van der Waals surface area contributed by atoms with Gasteiger partial charge in [0, 0.05) is 42.2 Å². The second-order valence-electron chi connectivity index (χ2n) is 8.79. The number of nitrogens with zero attached hydrogens (tertiary/aromatic N) is 6. The monoisotopic (exact) mass is 452 g/mol. The maximum Gasteiger partial charge on any atom is 0.138 e. The van der Waals surface area contributed by atoms with Gasteiger partial charge < -0.3 is 4.90 Å². The Morgan fingerprint density at radius 1 is 1.03 bits per heavy atom. The van der Waals surface area contributed by atoms with Crippen LogP contribution >= 0.6 is 11.9 Å². The van der Waals surface area contributed by atoms with Crippen molar-refractivity contribution in [2.45, 2.75) is 56.5 Å². The van der Waals surface area contributed by atoms with E-state index in [1.54, 1.807) is 12.4 Å². The Kier molecular flexibility index (Phi) is 6.41. The molecule has 0 saturated carbocycles. The molecule has 168 valence electrons. The standard InChI is InChI=1S/C24H29FN6S/c1-18-7-10-24(19-5-3-2-4-6-19)32-31(18)16-20-8-9-22(15-23(20)25)29-13-11-21(12-14-29)30-17-26-27-28-30/h2-6,8-9,15,17-18,21,24H,7,10-14,16H2,1H3/t18-,24?/m0/s1. The summed E-state index contributed by atoms with van der Waals surface area (Å²) in [6.45, 7) is 4.63. The molecular formula is C24H29FN6S. The average molecular weight is 453 g/mol. The molecule has 2 aliphatic heterocycles. The number of hydrogen-bond donors (Lipinski definition) is 0. The third-order valence-corrected chi connectivity index (χ3v) is 8.23.